The molecule has 2 N–H and O–H groups in total. The smallest absolute Gasteiger partial charge is 0.221 e. The largest absolute Gasteiger partial charge is 0.356 e. The molecule has 1 heterocycles. The summed E-state index contributed by atoms with van der Waals surface area (Å²) in [5.74, 6) is 2.83. The molecule has 0 saturated carbocycles. The second-order valence-electron chi connectivity index (χ2n) is 4.07. The van der Waals surface area contributed by atoms with Gasteiger partial charge in [0.15, 0.2) is 0 Å². The summed E-state index contributed by atoms with van der Waals surface area (Å²) in [6.07, 6.45) is 9.75. The van der Waals surface area contributed by atoms with Crippen LogP contribution in [0.2, 0.25) is 0 Å². The molecule has 0 aromatic carbocycles. The molecular weight excluding hydrogens is 188 g/mol. The van der Waals surface area contributed by atoms with Crippen molar-refractivity contribution in [3.05, 3.63) is 0 Å². The van der Waals surface area contributed by atoms with Gasteiger partial charge in [-0.2, -0.15) is 0 Å². The van der Waals surface area contributed by atoms with E-state index < -0.39 is 0 Å². The zero-order valence-corrected chi connectivity index (χ0v) is 9.38. The van der Waals surface area contributed by atoms with Gasteiger partial charge in [-0.3, -0.25) is 4.79 Å². The Morgan fingerprint density at radius 2 is 2.53 bits per heavy atom. The Kier molecular flexibility index (Phi) is 5.20. The van der Waals surface area contributed by atoms with Gasteiger partial charge in [0.2, 0.25) is 5.91 Å². The molecule has 1 aliphatic rings. The van der Waals surface area contributed by atoms with Gasteiger partial charge in [-0.15, -0.1) is 12.3 Å². The van der Waals surface area contributed by atoms with Crippen LogP contribution in [0, 0.1) is 12.3 Å². The van der Waals surface area contributed by atoms with E-state index in [2.05, 4.69) is 23.5 Å². The van der Waals surface area contributed by atoms with Gasteiger partial charge in [-0.1, -0.05) is 6.92 Å². The minimum atomic E-state index is 0.153. The summed E-state index contributed by atoms with van der Waals surface area (Å²) in [5, 5.41) is 6.35. The van der Waals surface area contributed by atoms with Crippen LogP contribution >= 0.6 is 0 Å². The van der Waals surface area contributed by atoms with E-state index in [1.165, 1.54) is 0 Å². The Labute approximate surface area is 92.0 Å². The Bertz CT molecular complexity index is 244. The topological polar surface area (TPSA) is 41.1 Å². The summed E-state index contributed by atoms with van der Waals surface area (Å²) in [7, 11) is 0. The fourth-order valence-corrected chi connectivity index (χ4v) is 1.91. The maximum atomic E-state index is 11.3. The first-order valence-corrected chi connectivity index (χ1v) is 5.72. The molecule has 0 spiro atoms. The number of rotatable bonds is 4. The van der Waals surface area contributed by atoms with E-state index in [1.54, 1.807) is 0 Å². The Hall–Kier alpha value is -1.01. The number of terminal acetylenes is 1. The van der Waals surface area contributed by atoms with E-state index in [1.807, 2.05) is 0 Å². The van der Waals surface area contributed by atoms with Crippen LogP contribution in [0.15, 0.2) is 0 Å². The molecule has 0 bridgehead atoms. The number of hydrogen-bond donors (Lipinski definition) is 2. The Balaban J connectivity index is 2.40. The van der Waals surface area contributed by atoms with Gasteiger partial charge in [0, 0.05) is 31.5 Å². The Morgan fingerprint density at radius 3 is 3.20 bits per heavy atom. The molecule has 3 heteroatoms. The summed E-state index contributed by atoms with van der Waals surface area (Å²) in [5.41, 5.74) is 0. The van der Waals surface area contributed by atoms with Gasteiger partial charge in [0.05, 0.1) is 0 Å². The number of hydrogen-bond acceptors (Lipinski definition) is 2. The third kappa shape index (κ3) is 4.35. The predicted octanol–water partition coefficient (Wildman–Crippen LogP) is 1.05. The van der Waals surface area contributed by atoms with Crippen molar-refractivity contribution in [1.29, 1.82) is 0 Å². The summed E-state index contributed by atoms with van der Waals surface area (Å²) in [6.45, 7) is 2.93. The highest BCUT2D eigenvalue weighted by atomic mass is 16.1. The second-order valence-corrected chi connectivity index (χ2v) is 4.07. The number of carbonyl (C=O) groups excluding carboxylic acids is 1. The second kappa shape index (κ2) is 6.47. The summed E-state index contributed by atoms with van der Waals surface area (Å²) < 4.78 is 0. The van der Waals surface area contributed by atoms with Gasteiger partial charge >= 0.3 is 0 Å². The first kappa shape index (κ1) is 12.1. The molecule has 15 heavy (non-hydrogen) atoms. The molecule has 0 aromatic heterocycles. The molecule has 1 aliphatic heterocycles. The highest BCUT2D eigenvalue weighted by Crippen LogP contribution is 2.09. The number of amides is 1. The molecule has 0 aliphatic carbocycles. The van der Waals surface area contributed by atoms with E-state index in [9.17, 15) is 4.79 Å². The maximum absolute atomic E-state index is 11.3. The minimum Gasteiger partial charge on any atom is -0.356 e. The first-order chi connectivity index (χ1) is 7.26. The van der Waals surface area contributed by atoms with Crippen LogP contribution in [0.25, 0.3) is 0 Å². The monoisotopic (exact) mass is 208 g/mol. The van der Waals surface area contributed by atoms with Crippen molar-refractivity contribution in [2.45, 2.75) is 51.1 Å². The van der Waals surface area contributed by atoms with Crippen molar-refractivity contribution < 1.29 is 4.79 Å². The SMILES string of the molecule is C#CCC(CC)NC1CCCNC(=O)C1. The zero-order valence-electron chi connectivity index (χ0n) is 9.38. The van der Waals surface area contributed by atoms with Crippen LogP contribution in [-0.2, 0) is 4.79 Å². The molecule has 1 fully saturated rings. The van der Waals surface area contributed by atoms with Gasteiger partial charge < -0.3 is 10.6 Å². The molecular formula is C12H20N2O. The van der Waals surface area contributed by atoms with Crippen LogP contribution < -0.4 is 10.6 Å². The molecule has 1 amide bonds. The van der Waals surface area contributed by atoms with Crippen LogP contribution in [0.5, 0.6) is 0 Å². The third-order valence-corrected chi connectivity index (χ3v) is 2.81. The molecule has 84 valence electrons. The molecule has 0 radical (unpaired) electrons. The standard InChI is InChI=1S/C12H20N2O/c1-3-6-10(4-2)14-11-7-5-8-13-12(15)9-11/h1,10-11,14H,4-9H2,2H3,(H,13,15). The quantitative estimate of drug-likeness (QED) is 0.678. The van der Waals surface area contributed by atoms with Crippen LogP contribution in [-0.4, -0.2) is 24.5 Å². The van der Waals surface area contributed by atoms with Crippen molar-refractivity contribution in [3.8, 4) is 12.3 Å². The van der Waals surface area contributed by atoms with Gasteiger partial charge in [0.25, 0.3) is 0 Å². The summed E-state index contributed by atoms with van der Waals surface area (Å²) >= 11 is 0. The number of carbonyl (C=O) groups is 1. The fourth-order valence-electron chi connectivity index (χ4n) is 1.91. The van der Waals surface area contributed by atoms with Gasteiger partial charge in [-0.05, 0) is 19.3 Å². The van der Waals surface area contributed by atoms with Crippen molar-refractivity contribution in [2.24, 2.45) is 0 Å². The Morgan fingerprint density at radius 1 is 1.73 bits per heavy atom. The average Bonchev–Trinajstić information content (AvgIpc) is 2.42. The summed E-state index contributed by atoms with van der Waals surface area (Å²) in [4.78, 5) is 11.3. The van der Waals surface area contributed by atoms with Crippen molar-refractivity contribution in [2.75, 3.05) is 6.54 Å². The van der Waals surface area contributed by atoms with Gasteiger partial charge in [0.1, 0.15) is 0 Å². The highest BCUT2D eigenvalue weighted by molar-refractivity contribution is 5.76. The van der Waals surface area contributed by atoms with Crippen molar-refractivity contribution in [3.63, 3.8) is 0 Å². The van der Waals surface area contributed by atoms with E-state index in [0.29, 0.717) is 18.5 Å². The van der Waals surface area contributed by atoms with Crippen LogP contribution in [0.4, 0.5) is 0 Å². The third-order valence-electron chi connectivity index (χ3n) is 2.81. The molecule has 3 nitrogen and oxygen atoms in total. The zero-order chi connectivity index (χ0) is 11.1. The van der Waals surface area contributed by atoms with E-state index in [4.69, 9.17) is 6.42 Å². The van der Waals surface area contributed by atoms with Crippen LogP contribution in [0.1, 0.15) is 39.0 Å². The lowest BCUT2D eigenvalue weighted by Crippen LogP contribution is -2.39. The van der Waals surface area contributed by atoms with E-state index in [-0.39, 0.29) is 5.91 Å². The fraction of sp³-hybridized carbons (Fsp3) is 0.750. The van der Waals surface area contributed by atoms with Gasteiger partial charge in [-0.25, -0.2) is 0 Å². The molecule has 2 atom stereocenters. The average molecular weight is 208 g/mol. The maximum Gasteiger partial charge on any atom is 0.221 e. The van der Waals surface area contributed by atoms with E-state index in [0.717, 1.165) is 32.2 Å². The lowest BCUT2D eigenvalue weighted by atomic mass is 10.1. The number of nitrogens with one attached hydrogen (secondary N) is 2. The highest BCUT2D eigenvalue weighted by Gasteiger charge is 2.19. The lowest BCUT2D eigenvalue weighted by molar-refractivity contribution is -0.121. The predicted molar refractivity (Wildman–Crippen MR) is 61.3 cm³/mol. The minimum absolute atomic E-state index is 0.153. The molecule has 2 unspecified atom stereocenters. The normalized spacial score (nSPS) is 23.7. The molecule has 1 rings (SSSR count). The van der Waals surface area contributed by atoms with Crippen molar-refractivity contribution in [1.82, 2.24) is 10.6 Å². The van der Waals surface area contributed by atoms with Crippen molar-refractivity contribution >= 4 is 5.91 Å². The summed E-state index contributed by atoms with van der Waals surface area (Å²) in [6, 6.07) is 0.650. The van der Waals surface area contributed by atoms with Crippen LogP contribution in [0.3, 0.4) is 0 Å². The van der Waals surface area contributed by atoms with E-state index >= 15 is 0 Å². The first-order valence-electron chi connectivity index (χ1n) is 5.72. The lowest BCUT2D eigenvalue weighted by Gasteiger charge is -2.21. The molecule has 1 saturated heterocycles. The molecule has 0 aromatic rings.